The SMILES string of the molecule is CC[CH-]CCCCCCCCCCCCCCCC(=O)OC[C@H](COC(=O)CCCCCCCCCCCCCCCCCC)OC(=O)CCCCCCCCCCCCCCCCCC.[H+]. The normalized spacial score (nSPS) is 11.9. The van der Waals surface area contributed by atoms with Crippen LogP contribution in [0.15, 0.2) is 0 Å². The van der Waals surface area contributed by atoms with E-state index < -0.39 is 6.10 Å². The number of esters is 3. The van der Waals surface area contributed by atoms with E-state index in [0.29, 0.717) is 19.3 Å². The molecule has 66 heavy (non-hydrogen) atoms. The Balaban J connectivity index is 0. The van der Waals surface area contributed by atoms with Crippen molar-refractivity contribution in [3.05, 3.63) is 6.42 Å². The predicted octanol–water partition coefficient (Wildman–Crippen LogP) is 19.9. The quantitative estimate of drug-likeness (QED) is 0.0262. The second kappa shape index (κ2) is 56.0. The Kier molecular flexibility index (Phi) is 54.7. The van der Waals surface area contributed by atoms with Gasteiger partial charge in [0.15, 0.2) is 6.10 Å². The number of unbranched alkanes of at least 4 members (excludes halogenated alkanes) is 45. The zero-order valence-electron chi connectivity index (χ0n) is 45.9. The average molecular weight is 934 g/mol. The van der Waals surface area contributed by atoms with Gasteiger partial charge >= 0.3 is 19.3 Å². The van der Waals surface area contributed by atoms with Crippen molar-refractivity contribution in [2.24, 2.45) is 0 Å². The summed E-state index contributed by atoms with van der Waals surface area (Å²) in [6, 6.07) is 0. The molecule has 0 aromatic rings. The largest absolute Gasteiger partial charge is 1.00 e. The predicted molar refractivity (Wildman–Crippen MR) is 285 cm³/mol. The minimum atomic E-state index is -0.762. The third-order valence-corrected chi connectivity index (χ3v) is 13.7. The maximum Gasteiger partial charge on any atom is 1.00 e. The zero-order valence-corrected chi connectivity index (χ0v) is 44.9. The molecule has 6 nitrogen and oxygen atoms in total. The lowest BCUT2D eigenvalue weighted by Gasteiger charge is -2.18. The molecule has 0 aliphatic rings. The number of carbonyl (C=O) groups excluding carboxylic acids is 3. The minimum Gasteiger partial charge on any atom is -0.462 e. The molecule has 392 valence electrons. The van der Waals surface area contributed by atoms with Crippen LogP contribution in [0.5, 0.6) is 0 Å². The zero-order chi connectivity index (χ0) is 47.9. The summed E-state index contributed by atoms with van der Waals surface area (Å²) in [5.74, 6) is -0.832. The summed E-state index contributed by atoms with van der Waals surface area (Å²) < 4.78 is 16.9. The molecule has 0 aromatic heterocycles. The van der Waals surface area contributed by atoms with Crippen molar-refractivity contribution in [2.75, 3.05) is 13.2 Å². The van der Waals surface area contributed by atoms with Crippen molar-refractivity contribution >= 4 is 17.9 Å². The molecular weight excluding hydrogens is 817 g/mol. The maximum atomic E-state index is 12.9. The molecule has 6 heteroatoms. The molecule has 0 saturated carbocycles. The molecule has 0 heterocycles. The van der Waals surface area contributed by atoms with Gasteiger partial charge in [0, 0.05) is 19.3 Å². The molecule has 0 unspecified atom stereocenters. The van der Waals surface area contributed by atoms with Gasteiger partial charge in [-0.05, 0) is 19.3 Å². The van der Waals surface area contributed by atoms with Gasteiger partial charge in [0.25, 0.3) is 0 Å². The fourth-order valence-corrected chi connectivity index (χ4v) is 9.22. The summed E-state index contributed by atoms with van der Waals surface area (Å²) >= 11 is 0. The topological polar surface area (TPSA) is 78.9 Å². The molecule has 0 aromatic carbocycles. The first-order valence-corrected chi connectivity index (χ1v) is 29.9. The van der Waals surface area contributed by atoms with Crippen LogP contribution in [-0.4, -0.2) is 37.2 Å². The lowest BCUT2D eigenvalue weighted by Crippen LogP contribution is -2.30. The van der Waals surface area contributed by atoms with Crippen LogP contribution in [0.2, 0.25) is 0 Å². The highest BCUT2D eigenvalue weighted by Crippen LogP contribution is 2.18. The summed E-state index contributed by atoms with van der Waals surface area (Å²) in [4.78, 5) is 38.2. The lowest BCUT2D eigenvalue weighted by atomic mass is 10.0. The van der Waals surface area contributed by atoms with Crippen LogP contribution < -0.4 is 0 Å². The molecule has 0 saturated heterocycles. The average Bonchev–Trinajstić information content (AvgIpc) is 3.31. The Morgan fingerprint density at radius 3 is 0.803 bits per heavy atom. The van der Waals surface area contributed by atoms with Gasteiger partial charge in [-0.1, -0.05) is 290 Å². The Morgan fingerprint density at radius 1 is 0.318 bits per heavy atom. The van der Waals surface area contributed by atoms with Gasteiger partial charge < -0.3 is 20.6 Å². The molecular formula is C60H116O6. The lowest BCUT2D eigenvalue weighted by molar-refractivity contribution is -0.167. The summed E-state index contributed by atoms with van der Waals surface area (Å²) in [5.41, 5.74) is 0. The number of hydrogen-bond donors (Lipinski definition) is 0. The fourth-order valence-electron chi connectivity index (χ4n) is 9.22. The van der Waals surface area contributed by atoms with E-state index in [1.54, 1.807) is 0 Å². The van der Waals surface area contributed by atoms with Gasteiger partial charge in [-0.2, -0.15) is 12.8 Å². The Bertz CT molecular complexity index is 938. The van der Waals surface area contributed by atoms with E-state index in [-0.39, 0.29) is 32.5 Å². The maximum absolute atomic E-state index is 12.9. The fraction of sp³-hybridized carbons (Fsp3) is 0.933. The Labute approximate surface area is 414 Å². The first-order chi connectivity index (χ1) is 32.5. The Morgan fingerprint density at radius 2 is 0.545 bits per heavy atom. The van der Waals surface area contributed by atoms with E-state index in [0.717, 1.165) is 57.8 Å². The highest BCUT2D eigenvalue weighted by atomic mass is 16.6. The highest BCUT2D eigenvalue weighted by Gasteiger charge is 2.19. The van der Waals surface area contributed by atoms with Crippen LogP contribution in [-0.2, 0) is 28.6 Å². The summed E-state index contributed by atoms with van der Waals surface area (Å²) in [7, 11) is 0. The number of rotatable bonds is 56. The van der Waals surface area contributed by atoms with E-state index in [9.17, 15) is 14.4 Å². The first-order valence-electron chi connectivity index (χ1n) is 29.9. The van der Waals surface area contributed by atoms with Crippen LogP contribution in [0.3, 0.4) is 0 Å². The molecule has 0 radical (unpaired) electrons. The van der Waals surface area contributed by atoms with Crippen LogP contribution in [0.4, 0.5) is 0 Å². The van der Waals surface area contributed by atoms with Crippen LogP contribution in [0.1, 0.15) is 343 Å². The standard InChI is InChI=1S/C60H115O6/c1-4-7-10-13-16-19-22-25-28-31-34-37-40-43-46-49-52-58(61)64-55-57(66-60(63)54-51-48-45-42-39-36-33-30-27-24-21-18-15-12-9-6-3)56-65-59(62)53-50-47-44-41-38-35-32-29-26-23-20-17-14-11-8-5-2/h7,57H,4-6,8-56H2,1-3H3/q-1/p+1/t57-/m1/s1. The molecule has 0 aliphatic carbocycles. The molecule has 0 bridgehead atoms. The highest BCUT2D eigenvalue weighted by molar-refractivity contribution is 5.71. The molecule has 0 aliphatic heterocycles. The molecule has 0 amide bonds. The first kappa shape index (κ1) is 64.4. The number of hydrogen-bond acceptors (Lipinski definition) is 6. The van der Waals surface area contributed by atoms with E-state index in [4.69, 9.17) is 14.2 Å². The third-order valence-electron chi connectivity index (χ3n) is 13.7. The second-order valence-corrected chi connectivity index (χ2v) is 20.4. The molecule has 0 spiro atoms. The number of carbonyl (C=O) groups is 3. The van der Waals surface area contributed by atoms with Crippen LogP contribution >= 0.6 is 0 Å². The summed E-state index contributed by atoms with van der Waals surface area (Å²) in [5, 5.41) is 0. The van der Waals surface area contributed by atoms with Gasteiger partial charge in [-0.15, -0.1) is 0 Å². The summed E-state index contributed by atoms with van der Waals surface area (Å²) in [6.45, 7) is 6.66. The molecule has 1 atom stereocenters. The Hall–Kier alpha value is -1.59. The smallest absolute Gasteiger partial charge is 0.462 e. The van der Waals surface area contributed by atoms with Crippen LogP contribution in [0, 0.1) is 6.42 Å². The van der Waals surface area contributed by atoms with E-state index in [1.165, 1.54) is 244 Å². The molecule has 0 N–H and O–H groups in total. The van der Waals surface area contributed by atoms with Crippen molar-refractivity contribution in [1.82, 2.24) is 0 Å². The molecule has 0 fully saturated rings. The second-order valence-electron chi connectivity index (χ2n) is 20.4. The third kappa shape index (κ3) is 53.4. The van der Waals surface area contributed by atoms with Gasteiger partial charge in [0.2, 0.25) is 0 Å². The van der Waals surface area contributed by atoms with Crippen molar-refractivity contribution in [1.29, 1.82) is 0 Å². The van der Waals surface area contributed by atoms with Gasteiger partial charge in [0.05, 0.1) is 0 Å². The van der Waals surface area contributed by atoms with Crippen LogP contribution in [0.25, 0.3) is 0 Å². The van der Waals surface area contributed by atoms with Gasteiger partial charge in [-0.3, -0.25) is 14.4 Å². The summed E-state index contributed by atoms with van der Waals surface area (Å²) in [6.07, 6.45) is 62.9. The monoisotopic (exact) mass is 933 g/mol. The van der Waals surface area contributed by atoms with Crippen molar-refractivity contribution < 1.29 is 30.0 Å². The van der Waals surface area contributed by atoms with E-state index in [2.05, 4.69) is 27.2 Å². The number of ether oxygens (including phenoxy) is 3. The van der Waals surface area contributed by atoms with Gasteiger partial charge in [-0.25, -0.2) is 0 Å². The minimum absolute atomic E-state index is 0. The van der Waals surface area contributed by atoms with Crippen molar-refractivity contribution in [3.8, 4) is 0 Å². The van der Waals surface area contributed by atoms with Gasteiger partial charge in [0.1, 0.15) is 13.2 Å². The van der Waals surface area contributed by atoms with E-state index >= 15 is 0 Å². The van der Waals surface area contributed by atoms with Crippen molar-refractivity contribution in [3.63, 3.8) is 0 Å². The van der Waals surface area contributed by atoms with Crippen molar-refractivity contribution in [2.45, 2.75) is 348 Å². The molecule has 0 rings (SSSR count). The van der Waals surface area contributed by atoms with E-state index in [1.807, 2.05) is 0 Å².